The van der Waals surface area contributed by atoms with E-state index < -0.39 is 0 Å². The van der Waals surface area contributed by atoms with Gasteiger partial charge in [0.15, 0.2) is 0 Å². The third kappa shape index (κ3) is 4.05. The minimum Gasteiger partial charge on any atom is -0.448 e. The predicted molar refractivity (Wildman–Crippen MR) is 124 cm³/mol. The Hall–Kier alpha value is -2.12. The largest absolute Gasteiger partial charge is 0.448 e. The number of amides is 1. The summed E-state index contributed by atoms with van der Waals surface area (Å²) in [6.07, 6.45) is -0.263. The SMILES string of the molecule is Cl.Cl.O=C(OCC1c2ccccc2-c2ccccc21)N1CCNCC1c1cscn1. The quantitative estimate of drug-likeness (QED) is 0.600. The number of piperazine rings is 1. The van der Waals surface area contributed by atoms with Gasteiger partial charge in [0.25, 0.3) is 0 Å². The zero-order chi connectivity index (χ0) is 18.9. The first-order chi connectivity index (χ1) is 13.8. The molecule has 2 heterocycles. The minimum absolute atomic E-state index is 0. The molecule has 1 aliphatic heterocycles. The van der Waals surface area contributed by atoms with Crippen LogP contribution < -0.4 is 5.32 Å². The first kappa shape index (κ1) is 22.6. The Morgan fingerprint density at radius 2 is 1.77 bits per heavy atom. The number of nitrogens with one attached hydrogen (secondary N) is 1. The maximum atomic E-state index is 12.9. The summed E-state index contributed by atoms with van der Waals surface area (Å²) in [5.74, 6) is 0.0805. The highest BCUT2D eigenvalue weighted by molar-refractivity contribution is 7.07. The van der Waals surface area contributed by atoms with Crippen LogP contribution in [0.5, 0.6) is 0 Å². The number of hydrogen-bond donors (Lipinski definition) is 1. The van der Waals surface area contributed by atoms with Crippen molar-refractivity contribution in [2.45, 2.75) is 12.0 Å². The van der Waals surface area contributed by atoms with Gasteiger partial charge in [0.05, 0.1) is 17.2 Å². The Bertz CT molecular complexity index is 954. The second kappa shape index (κ2) is 9.79. The molecule has 0 bridgehead atoms. The van der Waals surface area contributed by atoms with Gasteiger partial charge in [-0.1, -0.05) is 48.5 Å². The monoisotopic (exact) mass is 463 g/mol. The Kier molecular flexibility index (Phi) is 7.36. The highest BCUT2D eigenvalue weighted by Gasteiger charge is 2.33. The molecule has 5 nitrogen and oxygen atoms in total. The number of benzene rings is 2. The van der Waals surface area contributed by atoms with Gasteiger partial charge in [0.1, 0.15) is 6.61 Å². The molecule has 2 aliphatic rings. The number of ether oxygens (including phenoxy) is 1. The van der Waals surface area contributed by atoms with Crippen LogP contribution in [0.4, 0.5) is 4.79 Å². The molecule has 30 heavy (non-hydrogen) atoms. The van der Waals surface area contributed by atoms with Gasteiger partial charge in [0.2, 0.25) is 0 Å². The molecule has 1 saturated heterocycles. The van der Waals surface area contributed by atoms with Crippen LogP contribution in [-0.2, 0) is 4.74 Å². The summed E-state index contributed by atoms with van der Waals surface area (Å²) in [6, 6.07) is 16.7. The fourth-order valence-corrected chi connectivity index (χ4v) is 4.85. The van der Waals surface area contributed by atoms with Crippen LogP contribution in [0.25, 0.3) is 11.1 Å². The molecule has 0 saturated carbocycles. The van der Waals surface area contributed by atoms with Crippen molar-refractivity contribution in [1.82, 2.24) is 15.2 Å². The van der Waals surface area contributed by atoms with Gasteiger partial charge in [-0.25, -0.2) is 9.78 Å². The van der Waals surface area contributed by atoms with Crippen molar-refractivity contribution in [3.63, 3.8) is 0 Å². The van der Waals surface area contributed by atoms with E-state index in [0.717, 1.165) is 12.2 Å². The maximum absolute atomic E-state index is 12.9. The fourth-order valence-electron chi connectivity index (χ4n) is 4.25. The average molecular weight is 464 g/mol. The Labute approximate surface area is 192 Å². The third-order valence-corrected chi connectivity index (χ3v) is 6.21. The summed E-state index contributed by atoms with van der Waals surface area (Å²) >= 11 is 1.55. The normalized spacial score (nSPS) is 17.3. The van der Waals surface area contributed by atoms with E-state index >= 15 is 0 Å². The molecule has 1 amide bonds. The van der Waals surface area contributed by atoms with Crippen LogP contribution in [0.15, 0.2) is 59.4 Å². The second-order valence-electron chi connectivity index (χ2n) is 7.13. The Balaban J connectivity index is 0.00000128. The van der Waals surface area contributed by atoms with E-state index in [1.165, 1.54) is 22.3 Å². The van der Waals surface area contributed by atoms with Crippen molar-refractivity contribution in [2.75, 3.05) is 26.2 Å². The van der Waals surface area contributed by atoms with E-state index in [4.69, 9.17) is 4.74 Å². The van der Waals surface area contributed by atoms with Crippen molar-refractivity contribution in [2.24, 2.45) is 0 Å². The number of thiazole rings is 1. The summed E-state index contributed by atoms with van der Waals surface area (Å²) in [4.78, 5) is 19.1. The number of fused-ring (bicyclic) bond motifs is 3. The molecule has 5 rings (SSSR count). The highest BCUT2D eigenvalue weighted by Crippen LogP contribution is 2.44. The summed E-state index contributed by atoms with van der Waals surface area (Å²) < 4.78 is 5.84. The van der Waals surface area contributed by atoms with Crippen molar-refractivity contribution in [1.29, 1.82) is 0 Å². The lowest BCUT2D eigenvalue weighted by atomic mass is 9.98. The number of aromatic nitrogens is 1. The third-order valence-electron chi connectivity index (χ3n) is 5.61. The van der Waals surface area contributed by atoms with Crippen molar-refractivity contribution in [3.05, 3.63) is 76.2 Å². The minimum atomic E-state index is -0.263. The lowest BCUT2D eigenvalue weighted by molar-refractivity contribution is 0.0744. The maximum Gasteiger partial charge on any atom is 0.410 e. The van der Waals surface area contributed by atoms with Gasteiger partial charge in [-0.15, -0.1) is 36.2 Å². The van der Waals surface area contributed by atoms with Crippen LogP contribution in [-0.4, -0.2) is 42.2 Å². The number of hydrogen-bond acceptors (Lipinski definition) is 5. The summed E-state index contributed by atoms with van der Waals surface area (Å²) in [6.45, 7) is 2.44. The van der Waals surface area contributed by atoms with Crippen LogP contribution in [0.1, 0.15) is 28.8 Å². The van der Waals surface area contributed by atoms with E-state index in [2.05, 4.69) is 46.7 Å². The summed E-state index contributed by atoms with van der Waals surface area (Å²) in [7, 11) is 0. The van der Waals surface area contributed by atoms with Gasteiger partial charge in [-0.05, 0) is 22.3 Å². The molecule has 8 heteroatoms. The molecule has 158 valence electrons. The average Bonchev–Trinajstić information content (AvgIpc) is 3.39. The van der Waals surface area contributed by atoms with Crippen molar-refractivity contribution < 1.29 is 9.53 Å². The smallest absolute Gasteiger partial charge is 0.410 e. The zero-order valence-electron chi connectivity index (χ0n) is 16.2. The molecular formula is C22H23Cl2N3O2S. The van der Waals surface area contributed by atoms with E-state index in [1.54, 1.807) is 21.7 Å². The van der Waals surface area contributed by atoms with Gasteiger partial charge < -0.3 is 10.1 Å². The topological polar surface area (TPSA) is 54.5 Å². The number of carbonyl (C=O) groups is 1. The van der Waals surface area contributed by atoms with Crippen molar-refractivity contribution >= 4 is 42.2 Å². The molecule has 0 spiro atoms. The molecule has 0 radical (unpaired) electrons. The molecule has 2 aromatic carbocycles. The molecule has 1 fully saturated rings. The molecule has 1 aliphatic carbocycles. The first-order valence-electron chi connectivity index (χ1n) is 9.53. The van der Waals surface area contributed by atoms with E-state index in [1.807, 2.05) is 17.5 Å². The number of halogens is 2. The molecule has 1 aromatic heterocycles. The van der Waals surface area contributed by atoms with Crippen LogP contribution in [0.2, 0.25) is 0 Å². The second-order valence-corrected chi connectivity index (χ2v) is 7.85. The lowest BCUT2D eigenvalue weighted by Crippen LogP contribution is -2.49. The lowest BCUT2D eigenvalue weighted by Gasteiger charge is -2.34. The highest BCUT2D eigenvalue weighted by atomic mass is 35.5. The van der Waals surface area contributed by atoms with Gasteiger partial charge in [0, 0.05) is 30.9 Å². The molecule has 1 atom stereocenters. The Morgan fingerprint density at radius 3 is 2.40 bits per heavy atom. The van der Waals surface area contributed by atoms with E-state index in [9.17, 15) is 4.79 Å². The zero-order valence-corrected chi connectivity index (χ0v) is 18.6. The van der Waals surface area contributed by atoms with Crippen LogP contribution in [0.3, 0.4) is 0 Å². The number of carbonyl (C=O) groups excluding carboxylic acids is 1. The van der Waals surface area contributed by atoms with Crippen LogP contribution >= 0.6 is 36.2 Å². The van der Waals surface area contributed by atoms with E-state index in [-0.39, 0.29) is 42.9 Å². The van der Waals surface area contributed by atoms with Gasteiger partial charge in [-0.3, -0.25) is 4.90 Å². The van der Waals surface area contributed by atoms with Crippen LogP contribution in [0, 0.1) is 0 Å². The summed E-state index contributed by atoms with van der Waals surface area (Å²) in [5, 5.41) is 5.35. The van der Waals surface area contributed by atoms with Gasteiger partial charge in [-0.2, -0.15) is 0 Å². The molecular weight excluding hydrogens is 441 g/mol. The standard InChI is InChI=1S/C22H21N3O2S.2ClH/c26-22(25-10-9-23-11-21(25)20-13-28-14-24-20)27-12-19-17-7-3-1-5-15(17)16-6-2-4-8-18(16)19;;/h1-8,13-14,19,21,23H,9-12H2;2*1H. The fraction of sp³-hybridized carbons (Fsp3) is 0.273. The molecule has 3 aromatic rings. The first-order valence-corrected chi connectivity index (χ1v) is 10.5. The van der Waals surface area contributed by atoms with Crippen molar-refractivity contribution in [3.8, 4) is 11.1 Å². The van der Waals surface area contributed by atoms with E-state index in [0.29, 0.717) is 19.7 Å². The number of nitrogens with zero attached hydrogens (tertiary/aromatic N) is 2. The molecule has 1 N–H and O–H groups in total. The number of rotatable bonds is 3. The molecule has 1 unspecified atom stereocenters. The Morgan fingerprint density at radius 1 is 1.10 bits per heavy atom. The van der Waals surface area contributed by atoms with Gasteiger partial charge >= 0.3 is 6.09 Å². The summed E-state index contributed by atoms with van der Waals surface area (Å²) in [5.41, 5.74) is 7.66. The predicted octanol–water partition coefficient (Wildman–Crippen LogP) is 4.88.